The number of carbonyl (C=O) groups excluding carboxylic acids is 2. The van der Waals surface area contributed by atoms with Crippen LogP contribution < -0.4 is 11.1 Å². The zero-order valence-corrected chi connectivity index (χ0v) is 14.8. The van der Waals surface area contributed by atoms with Crippen molar-refractivity contribution in [3.05, 3.63) is 51.4 Å². The maximum atomic E-state index is 12.5. The van der Waals surface area contributed by atoms with Crippen LogP contribution in [0.1, 0.15) is 57.0 Å². The van der Waals surface area contributed by atoms with E-state index in [1.54, 1.807) is 0 Å². The third-order valence-electron chi connectivity index (χ3n) is 4.61. The number of nitrogens with two attached hydrogens (primary N) is 1. The minimum Gasteiger partial charge on any atom is -0.365 e. The van der Waals surface area contributed by atoms with Gasteiger partial charge in [0.2, 0.25) is 0 Å². The molecule has 0 fully saturated rings. The van der Waals surface area contributed by atoms with Crippen molar-refractivity contribution in [1.29, 1.82) is 0 Å². The first-order valence-corrected chi connectivity index (χ1v) is 9.15. The SMILES string of the molecule is CCc1ccc(C(=O)Nc2sc3c(c2C(N)=O)CC[C@@H](C)C3)cc1. The first kappa shape index (κ1) is 16.7. The molecule has 0 saturated carbocycles. The summed E-state index contributed by atoms with van der Waals surface area (Å²) in [7, 11) is 0. The van der Waals surface area contributed by atoms with Crippen molar-refractivity contribution in [3.8, 4) is 0 Å². The highest BCUT2D eigenvalue weighted by Gasteiger charge is 2.27. The minimum atomic E-state index is -0.460. The van der Waals surface area contributed by atoms with E-state index >= 15 is 0 Å². The number of thiophene rings is 1. The summed E-state index contributed by atoms with van der Waals surface area (Å²) in [4.78, 5) is 25.6. The number of hydrogen-bond donors (Lipinski definition) is 2. The Kier molecular flexibility index (Phi) is 4.71. The Morgan fingerprint density at radius 1 is 1.29 bits per heavy atom. The van der Waals surface area contributed by atoms with E-state index in [4.69, 9.17) is 5.73 Å². The van der Waals surface area contributed by atoms with Crippen molar-refractivity contribution in [2.45, 2.75) is 39.5 Å². The standard InChI is InChI=1S/C19H22N2O2S/c1-3-12-5-7-13(8-6-12)18(23)21-19-16(17(20)22)14-9-4-11(2)10-15(14)24-19/h5-8,11H,3-4,9-10H2,1-2H3,(H2,20,22)(H,21,23)/t11-/m1/s1. The molecule has 0 radical (unpaired) electrons. The lowest BCUT2D eigenvalue weighted by Crippen LogP contribution is -2.19. The predicted octanol–water partition coefficient (Wildman–Crippen LogP) is 3.79. The first-order valence-electron chi connectivity index (χ1n) is 8.34. The van der Waals surface area contributed by atoms with Crippen molar-refractivity contribution in [2.24, 2.45) is 11.7 Å². The fourth-order valence-electron chi connectivity index (χ4n) is 3.17. The van der Waals surface area contributed by atoms with Crippen LogP contribution in [0.15, 0.2) is 24.3 Å². The minimum absolute atomic E-state index is 0.202. The average Bonchev–Trinajstić information content (AvgIpc) is 2.91. The average molecular weight is 342 g/mol. The first-order chi connectivity index (χ1) is 11.5. The van der Waals surface area contributed by atoms with Gasteiger partial charge in [-0.3, -0.25) is 9.59 Å². The van der Waals surface area contributed by atoms with Gasteiger partial charge in [0.15, 0.2) is 0 Å². The molecule has 1 aromatic carbocycles. The van der Waals surface area contributed by atoms with Crippen LogP contribution in [0.2, 0.25) is 0 Å². The molecule has 1 heterocycles. The molecule has 0 saturated heterocycles. The molecule has 1 aliphatic carbocycles. The van der Waals surface area contributed by atoms with Crippen molar-refractivity contribution in [3.63, 3.8) is 0 Å². The molecule has 1 aliphatic rings. The number of hydrogen-bond acceptors (Lipinski definition) is 3. The highest BCUT2D eigenvalue weighted by molar-refractivity contribution is 7.17. The second-order valence-electron chi connectivity index (χ2n) is 6.42. The van der Waals surface area contributed by atoms with Crippen LogP contribution in [0.5, 0.6) is 0 Å². The number of anilines is 1. The van der Waals surface area contributed by atoms with Crippen LogP contribution in [-0.2, 0) is 19.3 Å². The monoisotopic (exact) mass is 342 g/mol. The Morgan fingerprint density at radius 3 is 2.62 bits per heavy atom. The lowest BCUT2D eigenvalue weighted by Gasteiger charge is -2.18. The van der Waals surface area contributed by atoms with Crippen LogP contribution in [0.4, 0.5) is 5.00 Å². The molecule has 1 aromatic heterocycles. The Morgan fingerprint density at radius 2 is 2.00 bits per heavy atom. The maximum absolute atomic E-state index is 12.5. The molecular formula is C19H22N2O2S. The van der Waals surface area contributed by atoms with Gasteiger partial charge in [-0.2, -0.15) is 0 Å². The molecular weight excluding hydrogens is 320 g/mol. The molecule has 3 N–H and O–H groups in total. The number of fused-ring (bicyclic) bond motifs is 1. The summed E-state index contributed by atoms with van der Waals surface area (Å²) < 4.78 is 0. The Bertz CT molecular complexity index is 777. The van der Waals surface area contributed by atoms with Gasteiger partial charge in [0.1, 0.15) is 5.00 Å². The lowest BCUT2D eigenvalue weighted by molar-refractivity contribution is 0.1000. The quantitative estimate of drug-likeness (QED) is 0.887. The smallest absolute Gasteiger partial charge is 0.256 e. The van der Waals surface area contributed by atoms with E-state index in [0.717, 1.165) is 31.2 Å². The van der Waals surface area contributed by atoms with Gasteiger partial charge in [0, 0.05) is 10.4 Å². The molecule has 0 spiro atoms. The number of benzene rings is 1. The van der Waals surface area contributed by atoms with E-state index in [-0.39, 0.29) is 5.91 Å². The molecule has 2 amide bonds. The normalized spacial score (nSPS) is 16.5. The summed E-state index contributed by atoms with van der Waals surface area (Å²) in [5.41, 5.74) is 8.89. The van der Waals surface area contributed by atoms with Gasteiger partial charge in [-0.1, -0.05) is 26.0 Å². The highest BCUT2D eigenvalue weighted by Crippen LogP contribution is 2.39. The van der Waals surface area contributed by atoms with E-state index in [0.29, 0.717) is 22.0 Å². The van der Waals surface area contributed by atoms with E-state index in [9.17, 15) is 9.59 Å². The van der Waals surface area contributed by atoms with Gasteiger partial charge in [0.25, 0.3) is 11.8 Å². The molecule has 126 valence electrons. The summed E-state index contributed by atoms with van der Waals surface area (Å²) in [5, 5.41) is 3.49. The molecule has 5 heteroatoms. The van der Waals surface area contributed by atoms with Crippen LogP contribution in [0, 0.1) is 5.92 Å². The molecule has 3 rings (SSSR count). The van der Waals surface area contributed by atoms with E-state index in [1.807, 2.05) is 24.3 Å². The fraction of sp³-hybridized carbons (Fsp3) is 0.368. The van der Waals surface area contributed by atoms with Crippen LogP contribution in [0.25, 0.3) is 0 Å². The molecule has 0 bridgehead atoms. The summed E-state index contributed by atoms with van der Waals surface area (Å²) >= 11 is 1.49. The summed E-state index contributed by atoms with van der Waals surface area (Å²) in [6, 6.07) is 7.53. The van der Waals surface area contributed by atoms with Gasteiger partial charge in [-0.15, -0.1) is 11.3 Å². The number of amides is 2. The van der Waals surface area contributed by atoms with E-state index < -0.39 is 5.91 Å². The molecule has 0 aliphatic heterocycles. The zero-order valence-electron chi connectivity index (χ0n) is 14.0. The van der Waals surface area contributed by atoms with Gasteiger partial charge in [-0.05, 0) is 54.9 Å². The van der Waals surface area contributed by atoms with Gasteiger partial charge < -0.3 is 11.1 Å². The number of nitrogens with one attached hydrogen (secondary N) is 1. The summed E-state index contributed by atoms with van der Waals surface area (Å²) in [6.07, 6.45) is 3.78. The summed E-state index contributed by atoms with van der Waals surface area (Å²) in [6.45, 7) is 4.28. The van der Waals surface area contributed by atoms with Crippen molar-refractivity contribution >= 4 is 28.2 Å². The van der Waals surface area contributed by atoms with Crippen LogP contribution in [-0.4, -0.2) is 11.8 Å². The molecule has 1 atom stereocenters. The number of primary amides is 1. The zero-order chi connectivity index (χ0) is 17.3. The maximum Gasteiger partial charge on any atom is 0.256 e. The highest BCUT2D eigenvalue weighted by atomic mass is 32.1. The van der Waals surface area contributed by atoms with Crippen LogP contribution in [0.3, 0.4) is 0 Å². The van der Waals surface area contributed by atoms with Crippen molar-refractivity contribution in [1.82, 2.24) is 0 Å². The number of rotatable bonds is 4. The second kappa shape index (κ2) is 6.77. The van der Waals surface area contributed by atoms with Crippen molar-refractivity contribution < 1.29 is 9.59 Å². The largest absolute Gasteiger partial charge is 0.365 e. The third-order valence-corrected chi connectivity index (χ3v) is 5.78. The van der Waals surface area contributed by atoms with Crippen LogP contribution >= 0.6 is 11.3 Å². The summed E-state index contributed by atoms with van der Waals surface area (Å²) in [5.74, 6) is -0.0625. The molecule has 2 aromatic rings. The molecule has 24 heavy (non-hydrogen) atoms. The fourth-order valence-corrected chi connectivity index (χ4v) is 4.58. The van der Waals surface area contributed by atoms with E-state index in [1.165, 1.54) is 21.8 Å². The lowest BCUT2D eigenvalue weighted by atomic mass is 9.88. The third kappa shape index (κ3) is 3.22. The molecule has 0 unspecified atom stereocenters. The second-order valence-corrected chi connectivity index (χ2v) is 7.53. The van der Waals surface area contributed by atoms with Gasteiger partial charge in [-0.25, -0.2) is 0 Å². The Balaban J connectivity index is 1.88. The molecule has 4 nitrogen and oxygen atoms in total. The van der Waals surface area contributed by atoms with E-state index in [2.05, 4.69) is 19.2 Å². The number of carbonyl (C=O) groups is 2. The topological polar surface area (TPSA) is 72.2 Å². The predicted molar refractivity (Wildman–Crippen MR) is 97.8 cm³/mol. The number of aryl methyl sites for hydroxylation is 1. The van der Waals surface area contributed by atoms with Gasteiger partial charge >= 0.3 is 0 Å². The van der Waals surface area contributed by atoms with Crippen molar-refractivity contribution in [2.75, 3.05) is 5.32 Å². The Hall–Kier alpha value is -2.14. The Labute approximate surface area is 146 Å². The van der Waals surface area contributed by atoms with Gasteiger partial charge in [0.05, 0.1) is 5.56 Å².